The first-order valence-corrected chi connectivity index (χ1v) is 4.43. The smallest absolute Gasteiger partial charge is 0.319 e. The zero-order chi connectivity index (χ0) is 10.0. The van der Waals surface area contributed by atoms with Crippen LogP contribution in [0.1, 0.15) is 20.8 Å². The van der Waals surface area contributed by atoms with Crippen LogP contribution in [0.15, 0.2) is 0 Å². The molecule has 3 atom stereocenters. The number of Topliss-reactive ketones (excluding diaryl/α,β-unsaturated/α-hetero) is 1. The second-order valence-corrected chi connectivity index (χ2v) is 3.12. The van der Waals surface area contributed by atoms with Gasteiger partial charge in [-0.05, 0) is 20.8 Å². The SMILES string of the molecule is CCOC(=O)C1C(=O)C(C)OC1C. The van der Waals surface area contributed by atoms with Gasteiger partial charge >= 0.3 is 5.97 Å². The highest BCUT2D eigenvalue weighted by Gasteiger charge is 2.44. The molecule has 1 aliphatic heterocycles. The molecule has 0 aromatic heterocycles. The normalized spacial score (nSPS) is 33.5. The lowest BCUT2D eigenvalue weighted by atomic mass is 9.99. The van der Waals surface area contributed by atoms with Gasteiger partial charge in [0.25, 0.3) is 0 Å². The molecule has 1 rings (SSSR count). The Morgan fingerprint density at radius 1 is 1.54 bits per heavy atom. The predicted molar refractivity (Wildman–Crippen MR) is 45.1 cm³/mol. The number of hydrogen-bond donors (Lipinski definition) is 0. The van der Waals surface area contributed by atoms with E-state index in [1.807, 2.05) is 0 Å². The molecule has 0 saturated carbocycles. The zero-order valence-corrected chi connectivity index (χ0v) is 8.07. The van der Waals surface area contributed by atoms with Crippen LogP contribution in [0.25, 0.3) is 0 Å². The third-order valence-corrected chi connectivity index (χ3v) is 2.14. The summed E-state index contributed by atoms with van der Waals surface area (Å²) in [5.41, 5.74) is 0. The van der Waals surface area contributed by atoms with E-state index in [1.54, 1.807) is 20.8 Å². The number of ether oxygens (including phenoxy) is 2. The third kappa shape index (κ3) is 1.88. The van der Waals surface area contributed by atoms with E-state index in [4.69, 9.17) is 9.47 Å². The summed E-state index contributed by atoms with van der Waals surface area (Å²) < 4.78 is 9.98. The molecule has 0 N–H and O–H groups in total. The summed E-state index contributed by atoms with van der Waals surface area (Å²) in [5, 5.41) is 0. The fourth-order valence-electron chi connectivity index (χ4n) is 1.49. The van der Waals surface area contributed by atoms with E-state index in [9.17, 15) is 9.59 Å². The number of ketones is 1. The van der Waals surface area contributed by atoms with Crippen molar-refractivity contribution in [3.05, 3.63) is 0 Å². The van der Waals surface area contributed by atoms with Crippen molar-refractivity contribution in [2.45, 2.75) is 33.0 Å². The molecule has 13 heavy (non-hydrogen) atoms. The Labute approximate surface area is 77.2 Å². The highest BCUT2D eigenvalue weighted by atomic mass is 16.5. The van der Waals surface area contributed by atoms with Crippen LogP contribution in [0.4, 0.5) is 0 Å². The zero-order valence-electron chi connectivity index (χ0n) is 8.07. The van der Waals surface area contributed by atoms with E-state index in [-0.39, 0.29) is 11.9 Å². The van der Waals surface area contributed by atoms with Crippen molar-refractivity contribution in [2.24, 2.45) is 5.92 Å². The standard InChI is InChI=1S/C9H14O4/c1-4-12-9(11)7-5(2)13-6(3)8(7)10/h5-7H,4H2,1-3H3. The molecule has 1 heterocycles. The fraction of sp³-hybridized carbons (Fsp3) is 0.778. The first kappa shape index (κ1) is 10.2. The van der Waals surface area contributed by atoms with Crippen LogP contribution in [0.2, 0.25) is 0 Å². The summed E-state index contributed by atoms with van der Waals surface area (Å²) in [6.07, 6.45) is -0.842. The summed E-state index contributed by atoms with van der Waals surface area (Å²) >= 11 is 0. The lowest BCUT2D eigenvalue weighted by Gasteiger charge is -2.10. The summed E-state index contributed by atoms with van der Waals surface area (Å²) in [4.78, 5) is 22.7. The van der Waals surface area contributed by atoms with Crippen LogP contribution < -0.4 is 0 Å². The number of carbonyl (C=O) groups excluding carboxylic acids is 2. The van der Waals surface area contributed by atoms with Crippen molar-refractivity contribution in [1.29, 1.82) is 0 Å². The maximum atomic E-state index is 11.4. The van der Waals surface area contributed by atoms with E-state index >= 15 is 0 Å². The van der Waals surface area contributed by atoms with Gasteiger partial charge in [-0.15, -0.1) is 0 Å². The Hall–Kier alpha value is -0.900. The van der Waals surface area contributed by atoms with E-state index in [2.05, 4.69) is 0 Å². The summed E-state index contributed by atoms with van der Waals surface area (Å²) in [7, 11) is 0. The monoisotopic (exact) mass is 186 g/mol. The van der Waals surface area contributed by atoms with Gasteiger partial charge in [0.2, 0.25) is 0 Å². The van der Waals surface area contributed by atoms with Gasteiger partial charge in [-0.1, -0.05) is 0 Å². The van der Waals surface area contributed by atoms with Crippen LogP contribution in [-0.4, -0.2) is 30.6 Å². The minimum absolute atomic E-state index is 0.175. The maximum absolute atomic E-state index is 11.4. The van der Waals surface area contributed by atoms with Gasteiger partial charge in [-0.2, -0.15) is 0 Å². The molecule has 4 heteroatoms. The molecular formula is C9H14O4. The molecule has 0 aromatic rings. The first-order valence-electron chi connectivity index (χ1n) is 4.43. The Balaban J connectivity index is 2.68. The second kappa shape index (κ2) is 3.87. The second-order valence-electron chi connectivity index (χ2n) is 3.12. The fourth-order valence-corrected chi connectivity index (χ4v) is 1.49. The number of esters is 1. The minimum Gasteiger partial charge on any atom is -0.465 e. The van der Waals surface area contributed by atoms with E-state index < -0.39 is 18.0 Å². The molecule has 0 bridgehead atoms. The van der Waals surface area contributed by atoms with Crippen molar-refractivity contribution in [3.63, 3.8) is 0 Å². The molecule has 0 aliphatic carbocycles. The highest BCUT2D eigenvalue weighted by molar-refractivity contribution is 6.03. The Morgan fingerprint density at radius 2 is 2.15 bits per heavy atom. The van der Waals surface area contributed by atoms with Crippen molar-refractivity contribution >= 4 is 11.8 Å². The molecule has 0 spiro atoms. The summed E-state index contributed by atoms with van der Waals surface area (Å²) in [6, 6.07) is 0. The van der Waals surface area contributed by atoms with Crippen LogP contribution in [0, 0.1) is 5.92 Å². The number of carbonyl (C=O) groups is 2. The van der Waals surface area contributed by atoms with Crippen molar-refractivity contribution < 1.29 is 19.1 Å². The van der Waals surface area contributed by atoms with E-state index in [0.717, 1.165) is 0 Å². The van der Waals surface area contributed by atoms with Gasteiger partial charge in [0.15, 0.2) is 5.78 Å². The molecule has 1 fully saturated rings. The highest BCUT2D eigenvalue weighted by Crippen LogP contribution is 2.23. The lowest BCUT2D eigenvalue weighted by Crippen LogP contribution is -2.30. The Bertz CT molecular complexity index is 224. The molecule has 1 aliphatic rings. The van der Waals surface area contributed by atoms with Crippen molar-refractivity contribution in [2.75, 3.05) is 6.61 Å². The first-order chi connectivity index (χ1) is 6.07. The van der Waals surface area contributed by atoms with Gasteiger partial charge < -0.3 is 9.47 Å². The molecule has 0 amide bonds. The Kier molecular flexibility index (Phi) is 3.03. The quantitative estimate of drug-likeness (QED) is 0.466. The van der Waals surface area contributed by atoms with Crippen LogP contribution in [0.3, 0.4) is 0 Å². The summed E-state index contributed by atoms with van der Waals surface area (Å²) in [6.45, 7) is 5.37. The van der Waals surface area contributed by atoms with E-state index in [1.165, 1.54) is 0 Å². The van der Waals surface area contributed by atoms with Gasteiger partial charge in [0.1, 0.15) is 12.0 Å². The predicted octanol–water partition coefficient (Wildman–Crippen LogP) is 0.542. The average molecular weight is 186 g/mol. The maximum Gasteiger partial charge on any atom is 0.319 e. The van der Waals surface area contributed by atoms with Crippen molar-refractivity contribution in [3.8, 4) is 0 Å². The van der Waals surface area contributed by atoms with Crippen LogP contribution in [-0.2, 0) is 19.1 Å². The van der Waals surface area contributed by atoms with Crippen LogP contribution >= 0.6 is 0 Å². The molecule has 0 aromatic carbocycles. The molecule has 0 radical (unpaired) electrons. The van der Waals surface area contributed by atoms with Crippen molar-refractivity contribution in [1.82, 2.24) is 0 Å². The average Bonchev–Trinajstić information content (AvgIpc) is 2.27. The Morgan fingerprint density at radius 3 is 2.54 bits per heavy atom. The number of rotatable bonds is 2. The van der Waals surface area contributed by atoms with Gasteiger partial charge in [0, 0.05) is 0 Å². The largest absolute Gasteiger partial charge is 0.465 e. The molecule has 4 nitrogen and oxygen atoms in total. The lowest BCUT2D eigenvalue weighted by molar-refractivity contribution is -0.151. The topological polar surface area (TPSA) is 52.6 Å². The van der Waals surface area contributed by atoms with Gasteiger partial charge in [-0.25, -0.2) is 0 Å². The molecule has 1 saturated heterocycles. The minimum atomic E-state index is -0.727. The molecule has 3 unspecified atom stereocenters. The van der Waals surface area contributed by atoms with Gasteiger partial charge in [0.05, 0.1) is 12.7 Å². The van der Waals surface area contributed by atoms with Gasteiger partial charge in [-0.3, -0.25) is 9.59 Å². The summed E-state index contributed by atoms with van der Waals surface area (Å²) in [5.74, 6) is -1.37. The molecule has 74 valence electrons. The molecular weight excluding hydrogens is 172 g/mol. The van der Waals surface area contributed by atoms with E-state index in [0.29, 0.717) is 6.61 Å². The number of hydrogen-bond acceptors (Lipinski definition) is 4. The van der Waals surface area contributed by atoms with Crippen LogP contribution in [0.5, 0.6) is 0 Å². The third-order valence-electron chi connectivity index (χ3n) is 2.14.